The zero-order valence-corrected chi connectivity index (χ0v) is 10.5. The summed E-state index contributed by atoms with van der Waals surface area (Å²) < 4.78 is 49.3. The van der Waals surface area contributed by atoms with E-state index in [-0.39, 0.29) is 0 Å². The van der Waals surface area contributed by atoms with Crippen molar-refractivity contribution in [1.82, 2.24) is 10.3 Å². The predicted molar refractivity (Wildman–Crippen MR) is 59.0 cm³/mol. The predicted octanol–water partition coefficient (Wildman–Crippen LogP) is 2.78. The fraction of sp³-hybridized carbons (Fsp3) is 0.600. The minimum Gasteiger partial charge on any atom is -0.342 e. The van der Waals surface area contributed by atoms with Crippen LogP contribution >= 0.6 is 11.3 Å². The summed E-state index contributed by atoms with van der Waals surface area (Å²) in [6.07, 6.45) is -1.73. The maximum Gasteiger partial charge on any atom is 0.383 e. The van der Waals surface area contributed by atoms with E-state index in [4.69, 9.17) is 0 Å². The van der Waals surface area contributed by atoms with Crippen molar-refractivity contribution in [2.24, 2.45) is 0 Å². The topological polar surface area (TPSA) is 42.0 Å². The number of carbonyl (C=O) groups is 1. The van der Waals surface area contributed by atoms with E-state index in [1.165, 1.54) is 18.3 Å². The number of alkyl halides is 4. The molecule has 0 bridgehead atoms. The van der Waals surface area contributed by atoms with Crippen LogP contribution in [-0.2, 0) is 11.2 Å². The number of halogens is 4. The molecular formula is C10H12F4N2OS. The smallest absolute Gasteiger partial charge is 0.342 e. The summed E-state index contributed by atoms with van der Waals surface area (Å²) in [5.41, 5.74) is 0. The molecule has 18 heavy (non-hydrogen) atoms. The first-order chi connectivity index (χ1) is 8.28. The van der Waals surface area contributed by atoms with E-state index in [0.29, 0.717) is 5.01 Å². The highest BCUT2D eigenvalue weighted by atomic mass is 32.1. The Balaban J connectivity index is 2.70. The van der Waals surface area contributed by atoms with E-state index in [2.05, 4.69) is 4.98 Å². The SMILES string of the molecule is CCc1cnc(C(C)NC(=O)C(F)(F)C(F)F)s1. The number of hydrogen-bond donors (Lipinski definition) is 1. The summed E-state index contributed by atoms with van der Waals surface area (Å²) >= 11 is 1.24. The Morgan fingerprint density at radius 3 is 2.61 bits per heavy atom. The number of aryl methyl sites for hydroxylation is 1. The van der Waals surface area contributed by atoms with Gasteiger partial charge in [-0.25, -0.2) is 13.8 Å². The number of hydrogen-bond acceptors (Lipinski definition) is 3. The molecule has 1 amide bonds. The molecule has 0 aromatic carbocycles. The Bertz CT molecular complexity index is 422. The molecule has 1 rings (SSSR count). The Morgan fingerprint density at radius 2 is 2.17 bits per heavy atom. The second-order valence-electron chi connectivity index (χ2n) is 3.64. The standard InChI is InChI=1S/C10H12F4N2OS/c1-3-6-4-15-7(18-6)5(2)16-9(17)10(13,14)8(11)12/h4-5,8H,3H2,1-2H3,(H,16,17). The van der Waals surface area contributed by atoms with Crippen LogP contribution < -0.4 is 5.32 Å². The minimum atomic E-state index is -4.68. The van der Waals surface area contributed by atoms with Crippen molar-refractivity contribution in [1.29, 1.82) is 0 Å². The van der Waals surface area contributed by atoms with E-state index in [1.54, 1.807) is 6.20 Å². The van der Waals surface area contributed by atoms with Gasteiger partial charge in [-0.1, -0.05) is 6.92 Å². The van der Waals surface area contributed by atoms with E-state index in [9.17, 15) is 22.4 Å². The molecule has 0 spiro atoms. The summed E-state index contributed by atoms with van der Waals surface area (Å²) in [5, 5.41) is 2.24. The number of aromatic nitrogens is 1. The first kappa shape index (κ1) is 14.9. The van der Waals surface area contributed by atoms with Crippen LogP contribution in [0.25, 0.3) is 0 Å². The highest BCUT2D eigenvalue weighted by Gasteiger charge is 2.49. The molecule has 0 saturated carbocycles. The van der Waals surface area contributed by atoms with Gasteiger partial charge in [-0.15, -0.1) is 11.3 Å². The Kier molecular flexibility index (Phi) is 4.66. The summed E-state index contributed by atoms with van der Waals surface area (Å²) in [6.45, 7) is 3.31. The minimum absolute atomic E-state index is 0.408. The average Bonchev–Trinajstić information content (AvgIpc) is 2.77. The van der Waals surface area contributed by atoms with Gasteiger partial charge in [0.1, 0.15) is 5.01 Å². The van der Waals surface area contributed by atoms with Crippen LogP contribution in [0.3, 0.4) is 0 Å². The zero-order chi connectivity index (χ0) is 13.9. The number of nitrogens with one attached hydrogen (secondary N) is 1. The molecule has 0 radical (unpaired) electrons. The van der Waals surface area contributed by atoms with Crippen LogP contribution in [0.5, 0.6) is 0 Å². The number of carbonyl (C=O) groups excluding carboxylic acids is 1. The molecule has 3 nitrogen and oxygen atoms in total. The van der Waals surface area contributed by atoms with Crippen LogP contribution in [0.1, 0.15) is 29.8 Å². The third-order valence-electron chi connectivity index (χ3n) is 2.21. The fourth-order valence-electron chi connectivity index (χ4n) is 1.14. The lowest BCUT2D eigenvalue weighted by molar-refractivity contribution is -0.170. The Labute approximate surface area is 105 Å². The number of nitrogens with zero attached hydrogens (tertiary/aromatic N) is 1. The lowest BCUT2D eigenvalue weighted by Gasteiger charge is -2.17. The Hall–Kier alpha value is -1.18. The summed E-state index contributed by atoms with van der Waals surface area (Å²) in [5.74, 6) is -6.67. The molecule has 1 aromatic heterocycles. The van der Waals surface area contributed by atoms with Crippen molar-refractivity contribution in [3.05, 3.63) is 16.1 Å². The van der Waals surface area contributed by atoms with Gasteiger partial charge in [0.05, 0.1) is 6.04 Å². The highest BCUT2D eigenvalue weighted by molar-refractivity contribution is 7.11. The summed E-state index contributed by atoms with van der Waals surface area (Å²) in [6, 6.07) is -0.826. The quantitative estimate of drug-likeness (QED) is 0.845. The van der Waals surface area contributed by atoms with Gasteiger partial charge < -0.3 is 5.32 Å². The number of amides is 1. The monoisotopic (exact) mass is 284 g/mol. The van der Waals surface area contributed by atoms with Gasteiger partial charge in [-0.05, 0) is 13.3 Å². The molecule has 0 fully saturated rings. The van der Waals surface area contributed by atoms with E-state index < -0.39 is 24.3 Å². The molecule has 0 saturated heterocycles. The maximum atomic E-state index is 12.7. The van der Waals surface area contributed by atoms with E-state index in [0.717, 1.165) is 11.3 Å². The summed E-state index contributed by atoms with van der Waals surface area (Å²) in [4.78, 5) is 15.9. The van der Waals surface area contributed by atoms with Gasteiger partial charge in [0.15, 0.2) is 0 Å². The van der Waals surface area contributed by atoms with Crippen molar-refractivity contribution in [3.8, 4) is 0 Å². The first-order valence-electron chi connectivity index (χ1n) is 5.20. The molecular weight excluding hydrogens is 272 g/mol. The van der Waals surface area contributed by atoms with Gasteiger partial charge in [0.25, 0.3) is 5.91 Å². The van der Waals surface area contributed by atoms with Gasteiger partial charge >= 0.3 is 12.3 Å². The van der Waals surface area contributed by atoms with Gasteiger partial charge in [0, 0.05) is 11.1 Å². The number of rotatable bonds is 5. The molecule has 8 heteroatoms. The molecule has 1 unspecified atom stereocenters. The zero-order valence-electron chi connectivity index (χ0n) is 9.71. The van der Waals surface area contributed by atoms with E-state index in [1.807, 2.05) is 12.2 Å². The lowest BCUT2D eigenvalue weighted by atomic mass is 10.3. The second kappa shape index (κ2) is 5.64. The normalized spacial score (nSPS) is 13.7. The average molecular weight is 284 g/mol. The first-order valence-corrected chi connectivity index (χ1v) is 6.02. The molecule has 102 valence electrons. The van der Waals surface area contributed by atoms with Gasteiger partial charge in [-0.3, -0.25) is 4.79 Å². The fourth-order valence-corrected chi connectivity index (χ4v) is 2.00. The third kappa shape index (κ3) is 3.18. The molecule has 0 aliphatic heterocycles. The highest BCUT2D eigenvalue weighted by Crippen LogP contribution is 2.25. The molecule has 1 atom stereocenters. The van der Waals surface area contributed by atoms with Crippen molar-refractivity contribution in [2.75, 3.05) is 0 Å². The lowest BCUT2D eigenvalue weighted by Crippen LogP contribution is -2.45. The molecule has 0 aliphatic rings. The van der Waals surface area contributed by atoms with Crippen molar-refractivity contribution >= 4 is 17.2 Å². The molecule has 1 N–H and O–H groups in total. The molecule has 1 heterocycles. The Morgan fingerprint density at radius 1 is 1.56 bits per heavy atom. The van der Waals surface area contributed by atoms with Crippen molar-refractivity contribution in [3.63, 3.8) is 0 Å². The summed E-state index contributed by atoms with van der Waals surface area (Å²) in [7, 11) is 0. The van der Waals surface area contributed by atoms with E-state index >= 15 is 0 Å². The van der Waals surface area contributed by atoms with Crippen LogP contribution in [0.2, 0.25) is 0 Å². The van der Waals surface area contributed by atoms with Crippen LogP contribution in [0, 0.1) is 0 Å². The maximum absolute atomic E-state index is 12.7. The van der Waals surface area contributed by atoms with Crippen LogP contribution in [0.15, 0.2) is 6.20 Å². The van der Waals surface area contributed by atoms with Crippen molar-refractivity contribution < 1.29 is 22.4 Å². The van der Waals surface area contributed by atoms with Gasteiger partial charge in [0.2, 0.25) is 0 Å². The largest absolute Gasteiger partial charge is 0.383 e. The van der Waals surface area contributed by atoms with Gasteiger partial charge in [-0.2, -0.15) is 8.78 Å². The van der Waals surface area contributed by atoms with Crippen molar-refractivity contribution in [2.45, 2.75) is 38.7 Å². The molecule has 1 aromatic rings. The number of thiazole rings is 1. The van der Waals surface area contributed by atoms with Crippen LogP contribution in [0.4, 0.5) is 17.6 Å². The third-order valence-corrected chi connectivity index (χ3v) is 3.54. The molecule has 0 aliphatic carbocycles. The second-order valence-corrected chi connectivity index (χ2v) is 4.78. The van der Waals surface area contributed by atoms with Crippen LogP contribution in [-0.4, -0.2) is 23.2 Å².